The molecule has 1 aromatic rings. The van der Waals surface area contributed by atoms with Crippen molar-refractivity contribution in [1.29, 1.82) is 0 Å². The molecule has 0 heterocycles. The zero-order chi connectivity index (χ0) is 16.8. The maximum Gasteiger partial charge on any atom is 0.410 e. The van der Waals surface area contributed by atoms with Crippen molar-refractivity contribution in [2.75, 3.05) is 6.54 Å². The molecule has 1 amide bonds. The van der Waals surface area contributed by atoms with E-state index in [0.29, 0.717) is 18.0 Å². The van der Waals surface area contributed by atoms with Crippen molar-refractivity contribution in [2.45, 2.75) is 45.8 Å². The molecule has 1 aromatic carbocycles. The third kappa shape index (κ3) is 6.80. The number of rotatable bonds is 6. The molecule has 1 N–H and O–H groups in total. The van der Waals surface area contributed by atoms with Gasteiger partial charge in [0.1, 0.15) is 5.60 Å². The number of halogens is 1. The average molecular weight is 328 g/mol. The maximum atomic E-state index is 12.3. The fourth-order valence-corrected chi connectivity index (χ4v) is 2.01. The number of carbonyl (C=O) groups is 2. The van der Waals surface area contributed by atoms with Gasteiger partial charge in [0.05, 0.1) is 6.54 Å². The smallest absolute Gasteiger partial charge is 0.410 e. The quantitative estimate of drug-likeness (QED) is 0.859. The molecule has 0 aliphatic carbocycles. The molecule has 22 heavy (non-hydrogen) atoms. The second-order valence-electron chi connectivity index (χ2n) is 5.99. The van der Waals surface area contributed by atoms with E-state index in [0.717, 1.165) is 5.56 Å². The van der Waals surface area contributed by atoms with Crippen molar-refractivity contribution in [3.05, 3.63) is 34.9 Å². The molecule has 0 aliphatic heterocycles. The monoisotopic (exact) mass is 327 g/mol. The Morgan fingerprint density at radius 1 is 1.27 bits per heavy atom. The average Bonchev–Trinajstić information content (AvgIpc) is 2.37. The fraction of sp³-hybridized carbons (Fsp3) is 0.500. The van der Waals surface area contributed by atoms with E-state index >= 15 is 0 Å². The SMILES string of the molecule is CC(C)(C)OC(=O)N(CCCC(=O)O)Cc1ccccc1Cl. The summed E-state index contributed by atoms with van der Waals surface area (Å²) < 4.78 is 5.37. The Morgan fingerprint density at radius 3 is 2.45 bits per heavy atom. The number of nitrogens with zero attached hydrogens (tertiary/aromatic N) is 1. The number of amides is 1. The summed E-state index contributed by atoms with van der Waals surface area (Å²) in [7, 11) is 0. The number of carboxylic acids is 1. The second-order valence-corrected chi connectivity index (χ2v) is 6.40. The zero-order valence-corrected chi connectivity index (χ0v) is 13.9. The van der Waals surface area contributed by atoms with Crippen LogP contribution in [0.4, 0.5) is 4.79 Å². The van der Waals surface area contributed by atoms with Crippen molar-refractivity contribution in [1.82, 2.24) is 4.90 Å². The molecular formula is C16H22ClNO4. The van der Waals surface area contributed by atoms with E-state index < -0.39 is 17.7 Å². The molecule has 0 radical (unpaired) electrons. The Labute approximate surface area is 135 Å². The summed E-state index contributed by atoms with van der Waals surface area (Å²) in [6, 6.07) is 7.23. The molecule has 0 atom stereocenters. The summed E-state index contributed by atoms with van der Waals surface area (Å²) in [6.07, 6.45) is -0.112. The van der Waals surface area contributed by atoms with Crippen LogP contribution in [-0.4, -0.2) is 34.2 Å². The largest absolute Gasteiger partial charge is 0.481 e. The summed E-state index contributed by atoms with van der Waals surface area (Å²) in [4.78, 5) is 24.4. The van der Waals surface area contributed by atoms with Crippen molar-refractivity contribution in [3.8, 4) is 0 Å². The lowest BCUT2D eigenvalue weighted by Crippen LogP contribution is -2.37. The molecule has 0 fully saturated rings. The van der Waals surface area contributed by atoms with Crippen LogP contribution in [-0.2, 0) is 16.1 Å². The summed E-state index contributed by atoms with van der Waals surface area (Å²) in [5.41, 5.74) is 0.188. The van der Waals surface area contributed by atoms with Gasteiger partial charge in [-0.05, 0) is 38.8 Å². The fourth-order valence-electron chi connectivity index (χ4n) is 1.81. The van der Waals surface area contributed by atoms with Crippen molar-refractivity contribution in [2.24, 2.45) is 0 Å². The van der Waals surface area contributed by atoms with Crippen LogP contribution in [0.5, 0.6) is 0 Å². The van der Waals surface area contributed by atoms with E-state index in [2.05, 4.69) is 0 Å². The molecular weight excluding hydrogens is 306 g/mol. The first-order valence-corrected chi connectivity index (χ1v) is 7.50. The summed E-state index contributed by atoms with van der Waals surface area (Å²) in [5.74, 6) is -0.887. The predicted molar refractivity (Wildman–Crippen MR) is 85.0 cm³/mol. The van der Waals surface area contributed by atoms with Crippen molar-refractivity contribution >= 4 is 23.7 Å². The van der Waals surface area contributed by atoms with Gasteiger partial charge in [-0.3, -0.25) is 4.79 Å². The Bertz CT molecular complexity index is 525. The van der Waals surface area contributed by atoms with E-state index in [1.807, 2.05) is 18.2 Å². The Balaban J connectivity index is 2.79. The van der Waals surface area contributed by atoms with Crippen LogP contribution in [0.15, 0.2) is 24.3 Å². The maximum absolute atomic E-state index is 12.3. The lowest BCUT2D eigenvalue weighted by Gasteiger charge is -2.27. The number of carbonyl (C=O) groups excluding carboxylic acids is 1. The summed E-state index contributed by atoms with van der Waals surface area (Å²) >= 11 is 6.12. The highest BCUT2D eigenvalue weighted by atomic mass is 35.5. The van der Waals surface area contributed by atoms with E-state index in [4.69, 9.17) is 21.4 Å². The van der Waals surface area contributed by atoms with Crippen LogP contribution in [0.1, 0.15) is 39.2 Å². The van der Waals surface area contributed by atoms with Gasteiger partial charge >= 0.3 is 12.1 Å². The van der Waals surface area contributed by atoms with Crippen LogP contribution in [0, 0.1) is 0 Å². The predicted octanol–water partition coefficient (Wildman–Crippen LogP) is 3.94. The molecule has 122 valence electrons. The number of ether oxygens (including phenoxy) is 1. The number of hydrogen-bond acceptors (Lipinski definition) is 3. The van der Waals surface area contributed by atoms with Crippen LogP contribution >= 0.6 is 11.6 Å². The van der Waals surface area contributed by atoms with Gasteiger partial charge in [0, 0.05) is 18.0 Å². The number of hydrogen-bond donors (Lipinski definition) is 1. The number of aliphatic carboxylic acids is 1. The molecule has 0 bridgehead atoms. The van der Waals surface area contributed by atoms with Gasteiger partial charge in [0.2, 0.25) is 0 Å². The number of benzene rings is 1. The standard InChI is InChI=1S/C16H22ClNO4/c1-16(2,3)22-15(21)18(10-6-9-14(19)20)11-12-7-4-5-8-13(12)17/h4-5,7-8H,6,9-11H2,1-3H3,(H,19,20). The van der Waals surface area contributed by atoms with E-state index in [1.165, 1.54) is 4.90 Å². The lowest BCUT2D eigenvalue weighted by molar-refractivity contribution is -0.137. The number of carboxylic acid groups (broad SMARTS) is 1. The first kappa shape index (κ1) is 18.3. The molecule has 0 aromatic heterocycles. The van der Waals surface area contributed by atoms with E-state index in [9.17, 15) is 9.59 Å². The van der Waals surface area contributed by atoms with Gasteiger partial charge in [0.15, 0.2) is 0 Å². The first-order chi connectivity index (χ1) is 10.2. The molecule has 5 nitrogen and oxygen atoms in total. The van der Waals surface area contributed by atoms with Gasteiger partial charge in [0.25, 0.3) is 0 Å². The third-order valence-electron chi connectivity index (χ3n) is 2.79. The second kappa shape index (κ2) is 8.03. The molecule has 0 spiro atoms. The van der Waals surface area contributed by atoms with Gasteiger partial charge in [-0.2, -0.15) is 0 Å². The van der Waals surface area contributed by atoms with Crippen LogP contribution in [0.2, 0.25) is 5.02 Å². The zero-order valence-electron chi connectivity index (χ0n) is 13.1. The molecule has 1 rings (SSSR count). The molecule has 0 saturated carbocycles. The van der Waals surface area contributed by atoms with Crippen LogP contribution < -0.4 is 0 Å². The van der Waals surface area contributed by atoms with Gasteiger partial charge in [-0.15, -0.1) is 0 Å². The molecule has 0 saturated heterocycles. The highest BCUT2D eigenvalue weighted by molar-refractivity contribution is 6.31. The van der Waals surface area contributed by atoms with Crippen molar-refractivity contribution < 1.29 is 19.4 Å². The minimum atomic E-state index is -0.887. The molecule has 6 heteroatoms. The van der Waals surface area contributed by atoms with Gasteiger partial charge in [-0.1, -0.05) is 29.8 Å². The topological polar surface area (TPSA) is 66.8 Å². The minimum absolute atomic E-state index is 0.00181. The van der Waals surface area contributed by atoms with Crippen LogP contribution in [0.3, 0.4) is 0 Å². The molecule has 0 unspecified atom stereocenters. The Morgan fingerprint density at radius 2 is 1.91 bits per heavy atom. The van der Waals surface area contributed by atoms with Gasteiger partial charge in [-0.25, -0.2) is 4.79 Å². The van der Waals surface area contributed by atoms with Crippen molar-refractivity contribution in [3.63, 3.8) is 0 Å². The lowest BCUT2D eigenvalue weighted by atomic mass is 10.2. The van der Waals surface area contributed by atoms with Gasteiger partial charge < -0.3 is 14.7 Å². The Kier molecular flexibility index (Phi) is 6.68. The minimum Gasteiger partial charge on any atom is -0.481 e. The Hall–Kier alpha value is -1.75. The van der Waals surface area contributed by atoms with E-state index in [-0.39, 0.29) is 13.0 Å². The highest BCUT2D eigenvalue weighted by Crippen LogP contribution is 2.19. The molecule has 0 aliphatic rings. The first-order valence-electron chi connectivity index (χ1n) is 7.12. The van der Waals surface area contributed by atoms with E-state index in [1.54, 1.807) is 26.8 Å². The highest BCUT2D eigenvalue weighted by Gasteiger charge is 2.22. The summed E-state index contributed by atoms with van der Waals surface area (Å²) in [5, 5.41) is 9.29. The summed E-state index contributed by atoms with van der Waals surface area (Å²) in [6.45, 7) is 5.95. The normalized spacial score (nSPS) is 11.1. The van der Waals surface area contributed by atoms with Crippen LogP contribution in [0.25, 0.3) is 0 Å². The third-order valence-corrected chi connectivity index (χ3v) is 3.16.